The second-order valence-electron chi connectivity index (χ2n) is 3.74. The van der Waals surface area contributed by atoms with E-state index in [9.17, 15) is 0 Å². The van der Waals surface area contributed by atoms with Gasteiger partial charge in [-0.25, -0.2) is 0 Å². The largest absolute Gasteiger partial charge is 0.303 e. The van der Waals surface area contributed by atoms with E-state index in [4.69, 9.17) is 0 Å². The van der Waals surface area contributed by atoms with E-state index in [2.05, 4.69) is 56.1 Å². The molecule has 0 fully saturated rings. The van der Waals surface area contributed by atoms with Crippen molar-refractivity contribution in [3.63, 3.8) is 0 Å². The van der Waals surface area contributed by atoms with Crippen LogP contribution >= 0.6 is 11.8 Å². The Kier molecular flexibility index (Phi) is 5.05. The molecule has 0 radical (unpaired) electrons. The highest BCUT2D eigenvalue weighted by atomic mass is 32.2. The summed E-state index contributed by atoms with van der Waals surface area (Å²) in [6, 6.07) is 11.2. The molecule has 0 saturated heterocycles. The molecule has 1 nitrogen and oxygen atoms in total. The summed E-state index contributed by atoms with van der Waals surface area (Å²) in [5, 5.41) is 0. The Balaban J connectivity index is 2.22. The Hall–Kier alpha value is -0.470. The van der Waals surface area contributed by atoms with Crippen LogP contribution in [-0.4, -0.2) is 30.3 Å². The Morgan fingerprint density at radius 1 is 1.21 bits per heavy atom. The monoisotopic (exact) mass is 209 g/mol. The van der Waals surface area contributed by atoms with Gasteiger partial charge in [0.25, 0.3) is 0 Å². The molecule has 1 aromatic carbocycles. The van der Waals surface area contributed by atoms with E-state index < -0.39 is 0 Å². The van der Waals surface area contributed by atoms with Crippen molar-refractivity contribution in [2.24, 2.45) is 0 Å². The molecule has 0 saturated carbocycles. The molecule has 0 aliphatic carbocycles. The van der Waals surface area contributed by atoms with Crippen molar-refractivity contribution >= 4 is 11.8 Å². The van der Waals surface area contributed by atoms with Gasteiger partial charge in [-0.05, 0) is 33.0 Å². The van der Waals surface area contributed by atoms with Gasteiger partial charge in [0.05, 0.1) is 0 Å². The van der Waals surface area contributed by atoms with Crippen molar-refractivity contribution in [1.82, 2.24) is 4.90 Å². The number of nitrogens with zero attached hydrogens (tertiary/aromatic N) is 1. The summed E-state index contributed by atoms with van der Waals surface area (Å²) in [4.78, 5) is 3.74. The summed E-state index contributed by atoms with van der Waals surface area (Å²) in [5.74, 6) is 1.17. The van der Waals surface area contributed by atoms with Gasteiger partial charge in [-0.2, -0.15) is 0 Å². The van der Waals surface area contributed by atoms with E-state index in [0.717, 1.165) is 6.54 Å². The highest BCUT2D eigenvalue weighted by Crippen LogP contribution is 2.16. The normalized spacial score (nSPS) is 11.2. The van der Waals surface area contributed by atoms with Crippen molar-refractivity contribution in [3.05, 3.63) is 30.3 Å². The average Bonchev–Trinajstić information content (AvgIpc) is 2.19. The molecule has 0 atom stereocenters. The number of rotatable bonds is 5. The van der Waals surface area contributed by atoms with E-state index in [0.29, 0.717) is 6.04 Å². The summed E-state index contributed by atoms with van der Waals surface area (Å²) >= 11 is 1.92. The molecule has 14 heavy (non-hydrogen) atoms. The second-order valence-corrected chi connectivity index (χ2v) is 4.90. The van der Waals surface area contributed by atoms with Gasteiger partial charge >= 0.3 is 0 Å². The van der Waals surface area contributed by atoms with Gasteiger partial charge in [-0.3, -0.25) is 0 Å². The summed E-state index contributed by atoms with van der Waals surface area (Å²) in [5.41, 5.74) is 0. The van der Waals surface area contributed by atoms with Gasteiger partial charge in [-0.1, -0.05) is 18.2 Å². The zero-order chi connectivity index (χ0) is 10.4. The zero-order valence-corrected chi connectivity index (χ0v) is 10.1. The van der Waals surface area contributed by atoms with Crippen LogP contribution in [0.3, 0.4) is 0 Å². The van der Waals surface area contributed by atoms with E-state index in [-0.39, 0.29) is 0 Å². The van der Waals surface area contributed by atoms with Crippen LogP contribution in [0.1, 0.15) is 13.8 Å². The van der Waals surface area contributed by atoms with Gasteiger partial charge in [0.15, 0.2) is 0 Å². The fraction of sp³-hybridized carbons (Fsp3) is 0.500. The molecule has 0 N–H and O–H groups in total. The lowest BCUT2D eigenvalue weighted by molar-refractivity contribution is 0.291. The SMILES string of the molecule is CC(C)N(C)CCSc1ccccc1. The Bertz CT molecular complexity index is 246. The number of hydrogen-bond acceptors (Lipinski definition) is 2. The summed E-state index contributed by atoms with van der Waals surface area (Å²) in [6.07, 6.45) is 0. The summed E-state index contributed by atoms with van der Waals surface area (Å²) in [6.45, 7) is 5.61. The highest BCUT2D eigenvalue weighted by Gasteiger charge is 2.02. The first-order chi connectivity index (χ1) is 6.70. The minimum Gasteiger partial charge on any atom is -0.303 e. The first-order valence-corrected chi connectivity index (χ1v) is 6.07. The molecule has 0 aliphatic heterocycles. The maximum absolute atomic E-state index is 2.37. The third-order valence-electron chi connectivity index (χ3n) is 2.34. The van der Waals surface area contributed by atoms with Crippen LogP contribution in [0.25, 0.3) is 0 Å². The predicted octanol–water partition coefficient (Wildman–Crippen LogP) is 3.12. The molecular weight excluding hydrogens is 190 g/mol. The molecule has 0 aliphatic rings. The second kappa shape index (κ2) is 6.10. The lowest BCUT2D eigenvalue weighted by Crippen LogP contribution is -2.28. The summed E-state index contributed by atoms with van der Waals surface area (Å²) in [7, 11) is 2.18. The van der Waals surface area contributed by atoms with E-state index in [1.165, 1.54) is 10.6 Å². The maximum atomic E-state index is 2.37. The first kappa shape index (κ1) is 11.6. The standard InChI is InChI=1S/C12H19NS/c1-11(2)13(3)9-10-14-12-7-5-4-6-8-12/h4-8,11H,9-10H2,1-3H3. The maximum Gasteiger partial charge on any atom is 0.0108 e. The van der Waals surface area contributed by atoms with Gasteiger partial charge in [-0.15, -0.1) is 11.8 Å². The van der Waals surface area contributed by atoms with Gasteiger partial charge < -0.3 is 4.90 Å². The van der Waals surface area contributed by atoms with Crippen molar-refractivity contribution < 1.29 is 0 Å². The molecule has 0 amide bonds. The molecule has 2 heteroatoms. The Morgan fingerprint density at radius 2 is 1.86 bits per heavy atom. The van der Waals surface area contributed by atoms with E-state index in [1.54, 1.807) is 0 Å². The van der Waals surface area contributed by atoms with Crippen LogP contribution in [0.15, 0.2) is 35.2 Å². The topological polar surface area (TPSA) is 3.24 Å². The van der Waals surface area contributed by atoms with E-state index in [1.807, 2.05) is 11.8 Å². The smallest absolute Gasteiger partial charge is 0.0108 e. The average molecular weight is 209 g/mol. The predicted molar refractivity (Wildman–Crippen MR) is 64.9 cm³/mol. The van der Waals surface area contributed by atoms with Crippen molar-refractivity contribution in [2.45, 2.75) is 24.8 Å². The molecule has 0 aromatic heterocycles. The van der Waals surface area contributed by atoms with Crippen molar-refractivity contribution in [3.8, 4) is 0 Å². The van der Waals surface area contributed by atoms with Crippen molar-refractivity contribution in [2.75, 3.05) is 19.3 Å². The van der Waals surface area contributed by atoms with Gasteiger partial charge in [0.1, 0.15) is 0 Å². The summed E-state index contributed by atoms with van der Waals surface area (Å²) < 4.78 is 0. The van der Waals surface area contributed by atoms with Crippen LogP contribution in [0, 0.1) is 0 Å². The van der Waals surface area contributed by atoms with Crippen LogP contribution in [0.4, 0.5) is 0 Å². The molecule has 1 aromatic rings. The molecule has 0 unspecified atom stereocenters. The van der Waals surface area contributed by atoms with Gasteiger partial charge in [0.2, 0.25) is 0 Å². The molecular formula is C12H19NS. The van der Waals surface area contributed by atoms with Crippen LogP contribution in [0.2, 0.25) is 0 Å². The molecule has 0 heterocycles. The molecule has 0 bridgehead atoms. The quantitative estimate of drug-likeness (QED) is 0.685. The number of benzene rings is 1. The van der Waals surface area contributed by atoms with Crippen LogP contribution in [0.5, 0.6) is 0 Å². The minimum absolute atomic E-state index is 0.645. The highest BCUT2D eigenvalue weighted by molar-refractivity contribution is 7.99. The van der Waals surface area contributed by atoms with Crippen LogP contribution in [-0.2, 0) is 0 Å². The Labute approximate surface area is 91.5 Å². The fourth-order valence-electron chi connectivity index (χ4n) is 1.08. The lowest BCUT2D eigenvalue weighted by atomic mass is 10.3. The van der Waals surface area contributed by atoms with Crippen LogP contribution < -0.4 is 0 Å². The Morgan fingerprint density at radius 3 is 2.43 bits per heavy atom. The first-order valence-electron chi connectivity index (χ1n) is 5.08. The third-order valence-corrected chi connectivity index (χ3v) is 3.33. The zero-order valence-electron chi connectivity index (χ0n) is 9.23. The molecule has 1 rings (SSSR count). The molecule has 78 valence electrons. The van der Waals surface area contributed by atoms with Gasteiger partial charge in [0, 0.05) is 23.2 Å². The van der Waals surface area contributed by atoms with E-state index >= 15 is 0 Å². The third kappa shape index (κ3) is 4.16. The lowest BCUT2D eigenvalue weighted by Gasteiger charge is -2.20. The fourth-order valence-corrected chi connectivity index (χ4v) is 2.05. The number of hydrogen-bond donors (Lipinski definition) is 0. The number of thioether (sulfide) groups is 1. The van der Waals surface area contributed by atoms with Crippen molar-refractivity contribution in [1.29, 1.82) is 0 Å². The minimum atomic E-state index is 0.645. The molecule has 0 spiro atoms.